The van der Waals surface area contributed by atoms with Gasteiger partial charge >= 0.3 is 0 Å². The van der Waals surface area contributed by atoms with Gasteiger partial charge in [0.25, 0.3) is 0 Å². The van der Waals surface area contributed by atoms with Crippen LogP contribution >= 0.6 is 0 Å². The predicted molar refractivity (Wildman–Crippen MR) is 164 cm³/mol. The van der Waals surface area contributed by atoms with Crippen molar-refractivity contribution in [2.45, 2.75) is 5.41 Å². The van der Waals surface area contributed by atoms with Gasteiger partial charge in [-0.05, 0) is 66.3 Å². The van der Waals surface area contributed by atoms with Crippen molar-refractivity contribution in [1.29, 1.82) is 0 Å². The normalized spacial score (nSPS) is 15.8. The van der Waals surface area contributed by atoms with Crippen molar-refractivity contribution in [3.63, 3.8) is 0 Å². The molecule has 3 aliphatic rings. The number of rotatable bonds is 0. The summed E-state index contributed by atoms with van der Waals surface area (Å²) >= 11 is 0. The molecule has 2 heteroatoms. The zero-order valence-corrected chi connectivity index (χ0v) is 22.4. The van der Waals surface area contributed by atoms with Crippen LogP contribution in [0.25, 0.3) is 11.1 Å². The summed E-state index contributed by atoms with van der Waals surface area (Å²) in [5, 5.41) is 9.81. The number of para-hydroxylation sites is 2. The standard InChI is InChI=1S/C37H25NSi/c1-9-21-33-25(13-1)26-14-2-10-22-34(26)39(33)35-23-11-5-17-29(35)37(30-18-6-12-24-36(30)39)27-15-3-7-19-31(27)38-32-20-8-4-16-28(32)37/h1-24,38H. The van der Waals surface area contributed by atoms with Crippen LogP contribution in [0.2, 0.25) is 0 Å². The van der Waals surface area contributed by atoms with Crippen molar-refractivity contribution in [3.8, 4) is 11.1 Å². The van der Waals surface area contributed by atoms with Gasteiger partial charge in [0.1, 0.15) is 0 Å². The first-order chi connectivity index (χ1) is 19.4. The van der Waals surface area contributed by atoms with Crippen LogP contribution in [0.1, 0.15) is 22.3 Å². The summed E-state index contributed by atoms with van der Waals surface area (Å²) in [6, 6.07) is 55.0. The van der Waals surface area contributed by atoms with Crippen molar-refractivity contribution >= 4 is 40.2 Å². The van der Waals surface area contributed by atoms with E-state index in [0.29, 0.717) is 0 Å². The quantitative estimate of drug-likeness (QED) is 0.254. The van der Waals surface area contributed by atoms with Gasteiger partial charge in [-0.15, -0.1) is 0 Å². The Balaban J connectivity index is 1.54. The van der Waals surface area contributed by atoms with Crippen molar-refractivity contribution < 1.29 is 0 Å². The van der Waals surface area contributed by atoms with E-state index in [1.807, 2.05) is 0 Å². The Labute approximate surface area is 229 Å². The third kappa shape index (κ3) is 2.38. The van der Waals surface area contributed by atoms with E-state index in [-0.39, 0.29) is 0 Å². The first-order valence-corrected chi connectivity index (χ1v) is 15.7. The van der Waals surface area contributed by atoms with E-state index in [9.17, 15) is 0 Å². The molecule has 182 valence electrons. The molecule has 0 radical (unpaired) electrons. The van der Waals surface area contributed by atoms with E-state index in [1.165, 1.54) is 65.5 Å². The van der Waals surface area contributed by atoms with E-state index >= 15 is 0 Å². The Morgan fingerprint density at radius 1 is 0.359 bits per heavy atom. The van der Waals surface area contributed by atoms with Crippen LogP contribution in [-0.4, -0.2) is 8.07 Å². The zero-order valence-electron chi connectivity index (χ0n) is 21.4. The van der Waals surface area contributed by atoms with Gasteiger partial charge in [0.2, 0.25) is 0 Å². The van der Waals surface area contributed by atoms with E-state index < -0.39 is 13.5 Å². The topological polar surface area (TPSA) is 12.0 Å². The average molecular weight is 512 g/mol. The monoisotopic (exact) mass is 511 g/mol. The molecule has 3 aliphatic heterocycles. The zero-order chi connectivity index (χ0) is 25.6. The van der Waals surface area contributed by atoms with Gasteiger partial charge in [0.05, 0.1) is 5.41 Å². The first-order valence-electron chi connectivity index (χ1n) is 13.7. The molecule has 0 saturated carbocycles. The van der Waals surface area contributed by atoms with Gasteiger partial charge in [0, 0.05) is 11.4 Å². The highest BCUT2D eigenvalue weighted by atomic mass is 28.3. The number of hydrogen-bond donors (Lipinski definition) is 1. The number of anilines is 2. The van der Waals surface area contributed by atoms with Crippen molar-refractivity contribution in [3.05, 3.63) is 168 Å². The summed E-state index contributed by atoms with van der Waals surface area (Å²) in [4.78, 5) is 0. The van der Waals surface area contributed by atoms with Gasteiger partial charge < -0.3 is 5.32 Å². The molecule has 0 aliphatic carbocycles. The van der Waals surface area contributed by atoms with Gasteiger partial charge in [-0.25, -0.2) is 0 Å². The summed E-state index contributed by atoms with van der Waals surface area (Å²) in [7, 11) is -2.58. The number of hydrogen-bond acceptors (Lipinski definition) is 1. The second kappa shape index (κ2) is 7.46. The molecule has 3 heterocycles. The lowest BCUT2D eigenvalue weighted by Crippen LogP contribution is -2.77. The van der Waals surface area contributed by atoms with E-state index in [0.717, 1.165) is 0 Å². The minimum Gasteiger partial charge on any atom is -0.355 e. The van der Waals surface area contributed by atoms with Crippen LogP contribution in [0.4, 0.5) is 11.4 Å². The minimum atomic E-state index is -2.58. The largest absolute Gasteiger partial charge is 0.355 e. The fourth-order valence-corrected chi connectivity index (χ4v) is 13.8. The summed E-state index contributed by atoms with van der Waals surface area (Å²) in [6.07, 6.45) is 0. The molecule has 2 spiro atoms. The smallest absolute Gasteiger partial charge is 0.181 e. The van der Waals surface area contributed by atoms with Crippen LogP contribution in [0.15, 0.2) is 146 Å². The lowest BCUT2D eigenvalue weighted by molar-refractivity contribution is 0.745. The van der Waals surface area contributed by atoms with Gasteiger partial charge in [0.15, 0.2) is 8.07 Å². The van der Waals surface area contributed by atoms with Crippen molar-refractivity contribution in [2.24, 2.45) is 0 Å². The van der Waals surface area contributed by atoms with E-state index in [1.54, 1.807) is 0 Å². The van der Waals surface area contributed by atoms with Crippen LogP contribution in [-0.2, 0) is 5.41 Å². The molecule has 39 heavy (non-hydrogen) atoms. The molecule has 0 fully saturated rings. The molecule has 1 N–H and O–H groups in total. The van der Waals surface area contributed by atoms with Crippen LogP contribution in [0.5, 0.6) is 0 Å². The summed E-state index contributed by atoms with van der Waals surface area (Å²) in [5.74, 6) is 0. The molecule has 0 saturated heterocycles. The van der Waals surface area contributed by atoms with E-state index in [2.05, 4.69) is 151 Å². The molecule has 6 aromatic carbocycles. The molecule has 0 amide bonds. The number of nitrogens with one attached hydrogen (secondary N) is 1. The van der Waals surface area contributed by atoms with Gasteiger partial charge in [-0.2, -0.15) is 0 Å². The lowest BCUT2D eigenvalue weighted by atomic mass is 9.62. The Kier molecular flexibility index (Phi) is 4.07. The predicted octanol–water partition coefficient (Wildman–Crippen LogP) is 5.80. The number of benzene rings is 6. The summed E-state index contributed by atoms with van der Waals surface area (Å²) in [6.45, 7) is 0. The molecule has 6 aromatic rings. The molecular formula is C37H25NSi. The SMILES string of the molecule is c1ccc2c(c1)Nc1ccccc1C21c2ccccc2[Si]2(c3ccccc3-c3ccccc32)c2ccccc21. The Hall–Kier alpha value is -4.66. The maximum Gasteiger partial charge on any atom is 0.181 e. The first kappa shape index (κ1) is 21.3. The molecule has 0 atom stereocenters. The fraction of sp³-hybridized carbons (Fsp3) is 0.0270. The van der Waals surface area contributed by atoms with Crippen LogP contribution in [0, 0.1) is 0 Å². The molecule has 0 aromatic heterocycles. The summed E-state index contributed by atoms with van der Waals surface area (Å²) < 4.78 is 0. The van der Waals surface area contributed by atoms with Crippen LogP contribution < -0.4 is 26.1 Å². The molecule has 1 nitrogen and oxygen atoms in total. The Morgan fingerprint density at radius 2 is 0.718 bits per heavy atom. The maximum atomic E-state index is 3.78. The van der Waals surface area contributed by atoms with Gasteiger partial charge in [-0.3, -0.25) is 0 Å². The third-order valence-corrected chi connectivity index (χ3v) is 14.3. The minimum absolute atomic E-state index is 0.406. The second-order valence-electron chi connectivity index (χ2n) is 10.9. The molecule has 0 unspecified atom stereocenters. The fourth-order valence-electron chi connectivity index (χ4n) is 8.09. The highest BCUT2D eigenvalue weighted by Crippen LogP contribution is 2.54. The average Bonchev–Trinajstić information content (AvgIpc) is 3.30. The van der Waals surface area contributed by atoms with E-state index in [4.69, 9.17) is 0 Å². The second-order valence-corrected chi connectivity index (χ2v) is 14.6. The van der Waals surface area contributed by atoms with Gasteiger partial charge in [-0.1, -0.05) is 133 Å². The molecule has 0 bridgehead atoms. The molecular weight excluding hydrogens is 487 g/mol. The third-order valence-electron chi connectivity index (χ3n) is 9.35. The lowest BCUT2D eigenvalue weighted by Gasteiger charge is -2.51. The Morgan fingerprint density at radius 3 is 1.21 bits per heavy atom. The van der Waals surface area contributed by atoms with Crippen molar-refractivity contribution in [2.75, 3.05) is 5.32 Å². The van der Waals surface area contributed by atoms with Crippen molar-refractivity contribution in [1.82, 2.24) is 0 Å². The molecule has 9 rings (SSSR count). The highest BCUT2D eigenvalue weighted by Gasteiger charge is 2.59. The summed E-state index contributed by atoms with van der Waals surface area (Å²) in [5.41, 5.74) is 10.2. The maximum absolute atomic E-state index is 3.78. The Bertz CT molecular complexity index is 1830. The number of fused-ring (bicyclic) bond motifs is 15. The van der Waals surface area contributed by atoms with Crippen LogP contribution in [0.3, 0.4) is 0 Å². The highest BCUT2D eigenvalue weighted by molar-refractivity contribution is 7.22.